The van der Waals surface area contributed by atoms with Crippen molar-refractivity contribution < 1.29 is 22.7 Å². The highest BCUT2D eigenvalue weighted by Gasteiger charge is 2.28. The number of methoxy groups -OCH3 is 2. The van der Waals surface area contributed by atoms with Gasteiger partial charge >= 0.3 is 0 Å². The second kappa shape index (κ2) is 12.0. The number of nitrogens with one attached hydrogen (secondary N) is 1. The van der Waals surface area contributed by atoms with Gasteiger partial charge in [-0.1, -0.05) is 24.3 Å². The third-order valence-electron chi connectivity index (χ3n) is 4.77. The molecule has 0 radical (unpaired) electrons. The van der Waals surface area contributed by atoms with Gasteiger partial charge in [-0.3, -0.25) is 4.79 Å². The molecule has 0 fully saturated rings. The molecule has 0 saturated heterocycles. The number of rotatable bonds is 12. The Bertz CT molecular complexity index is 952. The highest BCUT2D eigenvalue weighted by molar-refractivity contribution is 7.98. The SMILES string of the molecule is CCN(Cc1ccc(OC)c(OC)c1)C(=O)C(CCSC)NS(=O)(=O)c1ccccc1. The normalized spacial score (nSPS) is 12.3. The van der Waals surface area contributed by atoms with E-state index < -0.39 is 16.1 Å². The van der Waals surface area contributed by atoms with Gasteiger partial charge in [-0.2, -0.15) is 16.5 Å². The van der Waals surface area contributed by atoms with Gasteiger partial charge in [0.1, 0.15) is 6.04 Å². The van der Waals surface area contributed by atoms with Crippen molar-refractivity contribution in [3.63, 3.8) is 0 Å². The van der Waals surface area contributed by atoms with E-state index in [1.807, 2.05) is 25.3 Å². The molecule has 0 aliphatic carbocycles. The average molecular weight is 467 g/mol. The minimum atomic E-state index is -3.81. The molecule has 7 nitrogen and oxygen atoms in total. The molecular formula is C22H30N2O5S2. The van der Waals surface area contributed by atoms with Crippen molar-refractivity contribution in [2.24, 2.45) is 0 Å². The van der Waals surface area contributed by atoms with E-state index in [-0.39, 0.29) is 10.8 Å². The van der Waals surface area contributed by atoms with Gasteiger partial charge in [-0.25, -0.2) is 8.42 Å². The van der Waals surface area contributed by atoms with E-state index in [1.54, 1.807) is 55.1 Å². The second-order valence-electron chi connectivity index (χ2n) is 6.81. The molecule has 2 rings (SSSR count). The summed E-state index contributed by atoms with van der Waals surface area (Å²) in [4.78, 5) is 15.1. The van der Waals surface area contributed by atoms with Gasteiger partial charge in [-0.15, -0.1) is 0 Å². The fourth-order valence-corrected chi connectivity index (χ4v) is 4.80. The topological polar surface area (TPSA) is 84.9 Å². The largest absolute Gasteiger partial charge is 0.493 e. The van der Waals surface area contributed by atoms with Gasteiger partial charge in [0.05, 0.1) is 19.1 Å². The first-order chi connectivity index (χ1) is 14.9. The van der Waals surface area contributed by atoms with Crippen LogP contribution in [0.2, 0.25) is 0 Å². The average Bonchev–Trinajstić information content (AvgIpc) is 2.80. The highest BCUT2D eigenvalue weighted by Crippen LogP contribution is 2.28. The zero-order valence-corrected chi connectivity index (χ0v) is 20.0. The lowest BCUT2D eigenvalue weighted by atomic mass is 10.1. The van der Waals surface area contributed by atoms with Crippen molar-refractivity contribution in [3.05, 3.63) is 54.1 Å². The van der Waals surface area contributed by atoms with Crippen LogP contribution in [0, 0.1) is 0 Å². The summed E-state index contributed by atoms with van der Waals surface area (Å²) in [6.45, 7) is 2.64. The Balaban J connectivity index is 2.23. The predicted octanol–water partition coefficient (Wildman–Crippen LogP) is 3.15. The Labute approximate surface area is 189 Å². The maximum absolute atomic E-state index is 13.3. The predicted molar refractivity (Wildman–Crippen MR) is 124 cm³/mol. The van der Waals surface area contributed by atoms with Crippen molar-refractivity contribution in [2.75, 3.05) is 32.8 Å². The fraction of sp³-hybridized carbons (Fsp3) is 0.409. The minimum absolute atomic E-state index is 0.139. The Kier molecular flexibility index (Phi) is 9.67. The maximum Gasteiger partial charge on any atom is 0.241 e. The minimum Gasteiger partial charge on any atom is -0.493 e. The van der Waals surface area contributed by atoms with Crippen LogP contribution in [-0.2, 0) is 21.4 Å². The lowest BCUT2D eigenvalue weighted by molar-refractivity contribution is -0.133. The molecule has 0 heterocycles. The molecule has 1 N–H and O–H groups in total. The van der Waals surface area contributed by atoms with Crippen LogP contribution in [0.5, 0.6) is 11.5 Å². The number of hydrogen-bond donors (Lipinski definition) is 1. The summed E-state index contributed by atoms with van der Waals surface area (Å²) in [5.41, 5.74) is 0.863. The van der Waals surface area contributed by atoms with E-state index in [4.69, 9.17) is 9.47 Å². The second-order valence-corrected chi connectivity index (χ2v) is 9.51. The van der Waals surface area contributed by atoms with Gasteiger partial charge in [0.15, 0.2) is 11.5 Å². The van der Waals surface area contributed by atoms with Crippen LogP contribution in [0.25, 0.3) is 0 Å². The Morgan fingerprint density at radius 2 is 1.77 bits per heavy atom. The Hall–Kier alpha value is -2.23. The molecule has 31 heavy (non-hydrogen) atoms. The van der Waals surface area contributed by atoms with Crippen LogP contribution in [0.3, 0.4) is 0 Å². The molecule has 0 bridgehead atoms. The molecule has 1 unspecified atom stereocenters. The van der Waals surface area contributed by atoms with Crippen molar-refractivity contribution >= 4 is 27.7 Å². The molecule has 0 aromatic heterocycles. The van der Waals surface area contributed by atoms with Gasteiger partial charge in [-0.05, 0) is 55.2 Å². The van der Waals surface area contributed by atoms with E-state index >= 15 is 0 Å². The van der Waals surface area contributed by atoms with Gasteiger partial charge < -0.3 is 14.4 Å². The first-order valence-electron chi connectivity index (χ1n) is 9.92. The molecule has 2 aromatic carbocycles. The van der Waals surface area contributed by atoms with Crippen molar-refractivity contribution in [3.8, 4) is 11.5 Å². The van der Waals surface area contributed by atoms with E-state index in [1.165, 1.54) is 12.1 Å². The summed E-state index contributed by atoms with van der Waals surface area (Å²) in [5.74, 6) is 1.58. The summed E-state index contributed by atoms with van der Waals surface area (Å²) in [7, 11) is -0.692. The fourth-order valence-electron chi connectivity index (χ4n) is 3.09. The quantitative estimate of drug-likeness (QED) is 0.517. The molecule has 9 heteroatoms. The summed E-state index contributed by atoms with van der Waals surface area (Å²) < 4.78 is 38.8. The van der Waals surface area contributed by atoms with Gasteiger partial charge in [0.25, 0.3) is 0 Å². The number of carbonyl (C=O) groups is 1. The third kappa shape index (κ3) is 6.88. The maximum atomic E-state index is 13.3. The summed E-state index contributed by atoms with van der Waals surface area (Å²) in [6, 6.07) is 12.7. The smallest absolute Gasteiger partial charge is 0.241 e. The van der Waals surface area contributed by atoms with Crippen LogP contribution in [0.4, 0.5) is 0 Å². The molecule has 0 saturated carbocycles. The van der Waals surface area contributed by atoms with Gasteiger partial charge in [0, 0.05) is 13.1 Å². The monoisotopic (exact) mass is 466 g/mol. The number of ether oxygens (including phenoxy) is 2. The first kappa shape index (κ1) is 25.0. The lowest BCUT2D eigenvalue weighted by Gasteiger charge is -2.27. The van der Waals surface area contributed by atoms with Crippen LogP contribution in [0.15, 0.2) is 53.4 Å². The van der Waals surface area contributed by atoms with Crippen LogP contribution >= 0.6 is 11.8 Å². The van der Waals surface area contributed by atoms with Crippen LogP contribution in [0.1, 0.15) is 18.9 Å². The standard InChI is InChI=1S/C22H30N2O5S2/c1-5-24(16-17-11-12-20(28-2)21(15-17)29-3)22(25)19(13-14-30-4)23-31(26,27)18-9-7-6-8-10-18/h6-12,15,19,23H,5,13-14,16H2,1-4H3. The molecule has 0 aliphatic rings. The van der Waals surface area contributed by atoms with Crippen LogP contribution in [-0.4, -0.2) is 58.0 Å². The summed E-state index contributed by atoms with van der Waals surface area (Å²) >= 11 is 1.57. The summed E-state index contributed by atoms with van der Waals surface area (Å²) in [5, 5.41) is 0. The first-order valence-corrected chi connectivity index (χ1v) is 12.8. The Morgan fingerprint density at radius 3 is 2.35 bits per heavy atom. The molecule has 0 spiro atoms. The number of likely N-dealkylation sites (N-methyl/N-ethyl adjacent to an activating group) is 1. The highest BCUT2D eigenvalue weighted by atomic mass is 32.2. The van der Waals surface area contributed by atoms with E-state index in [0.717, 1.165) is 5.56 Å². The van der Waals surface area contributed by atoms with Gasteiger partial charge in [0.2, 0.25) is 15.9 Å². The van der Waals surface area contributed by atoms with Crippen molar-refractivity contribution in [2.45, 2.75) is 30.8 Å². The molecule has 170 valence electrons. The molecule has 0 aliphatic heterocycles. The lowest BCUT2D eigenvalue weighted by Crippen LogP contribution is -2.48. The number of hydrogen-bond acceptors (Lipinski definition) is 6. The van der Waals surface area contributed by atoms with Crippen molar-refractivity contribution in [1.82, 2.24) is 9.62 Å². The number of amides is 1. The number of nitrogens with zero attached hydrogens (tertiary/aromatic N) is 1. The van der Waals surface area contributed by atoms with E-state index in [9.17, 15) is 13.2 Å². The number of thioether (sulfide) groups is 1. The molecule has 2 aromatic rings. The third-order valence-corrected chi connectivity index (χ3v) is 6.91. The molecule has 1 amide bonds. The number of benzene rings is 2. The zero-order valence-electron chi connectivity index (χ0n) is 18.3. The number of carbonyl (C=O) groups excluding carboxylic acids is 1. The Morgan fingerprint density at radius 1 is 1.10 bits per heavy atom. The van der Waals surface area contributed by atoms with E-state index in [2.05, 4.69) is 4.72 Å². The zero-order chi connectivity index (χ0) is 22.9. The number of sulfonamides is 1. The van der Waals surface area contributed by atoms with E-state index in [0.29, 0.717) is 36.8 Å². The summed E-state index contributed by atoms with van der Waals surface area (Å²) in [6.07, 6.45) is 2.32. The molecular weight excluding hydrogens is 436 g/mol. The van der Waals surface area contributed by atoms with Crippen molar-refractivity contribution in [1.29, 1.82) is 0 Å². The van der Waals surface area contributed by atoms with Crippen LogP contribution < -0.4 is 14.2 Å². The molecule has 1 atom stereocenters.